The van der Waals surface area contributed by atoms with Gasteiger partial charge in [-0.3, -0.25) is 9.89 Å². The maximum absolute atomic E-state index is 11.2. The van der Waals surface area contributed by atoms with Crippen LogP contribution in [0.3, 0.4) is 0 Å². The van der Waals surface area contributed by atoms with Crippen LogP contribution in [0.5, 0.6) is 0 Å². The molecule has 0 aromatic carbocycles. The topological polar surface area (TPSA) is 115 Å². The summed E-state index contributed by atoms with van der Waals surface area (Å²) >= 11 is 0. The van der Waals surface area contributed by atoms with Gasteiger partial charge in [-0.15, -0.1) is 0 Å². The number of nitrogens with one attached hydrogen (secondary N) is 2. The second kappa shape index (κ2) is 4.38. The Kier molecular flexibility index (Phi) is 3.19. The molecule has 4 N–H and O–H groups in total. The SMILES string of the molecule is O=C(N[C@H](CO)C(=O)O)c1ccn[nH]1. The fourth-order valence-corrected chi connectivity index (χ4v) is 0.804. The number of carbonyl (C=O) groups excluding carboxylic acids is 1. The molecule has 0 unspecified atom stereocenters. The van der Waals surface area contributed by atoms with Crippen molar-refractivity contribution in [3.63, 3.8) is 0 Å². The molecular weight excluding hydrogens is 190 g/mol. The van der Waals surface area contributed by atoms with Crippen molar-refractivity contribution < 1.29 is 19.8 Å². The van der Waals surface area contributed by atoms with Gasteiger partial charge in [-0.05, 0) is 6.07 Å². The molecule has 0 aliphatic carbocycles. The number of aliphatic carboxylic acids is 1. The number of aromatic nitrogens is 2. The summed E-state index contributed by atoms with van der Waals surface area (Å²) < 4.78 is 0. The van der Waals surface area contributed by atoms with E-state index in [9.17, 15) is 9.59 Å². The largest absolute Gasteiger partial charge is 0.480 e. The molecule has 0 fully saturated rings. The summed E-state index contributed by atoms with van der Waals surface area (Å²) in [4.78, 5) is 21.7. The van der Waals surface area contributed by atoms with Crippen LogP contribution in [0.15, 0.2) is 12.3 Å². The Morgan fingerprint density at radius 2 is 2.36 bits per heavy atom. The molecule has 7 nitrogen and oxygen atoms in total. The van der Waals surface area contributed by atoms with Crippen LogP contribution in [-0.2, 0) is 4.79 Å². The van der Waals surface area contributed by atoms with Crippen LogP contribution in [0.1, 0.15) is 10.5 Å². The molecule has 0 saturated heterocycles. The van der Waals surface area contributed by atoms with Crippen molar-refractivity contribution in [3.05, 3.63) is 18.0 Å². The molecule has 1 amide bonds. The molecule has 1 heterocycles. The second-order valence-electron chi connectivity index (χ2n) is 2.52. The highest BCUT2D eigenvalue weighted by molar-refractivity contribution is 5.94. The van der Waals surface area contributed by atoms with Crippen LogP contribution in [0, 0.1) is 0 Å². The zero-order valence-corrected chi connectivity index (χ0v) is 7.10. The first-order valence-corrected chi connectivity index (χ1v) is 3.79. The van der Waals surface area contributed by atoms with Gasteiger partial charge in [-0.1, -0.05) is 0 Å². The molecule has 0 bridgehead atoms. The lowest BCUT2D eigenvalue weighted by atomic mass is 10.3. The molecule has 14 heavy (non-hydrogen) atoms. The normalized spacial score (nSPS) is 12.1. The van der Waals surface area contributed by atoms with Crippen LogP contribution in [0.25, 0.3) is 0 Å². The van der Waals surface area contributed by atoms with E-state index in [-0.39, 0.29) is 5.69 Å². The number of H-pyrrole nitrogens is 1. The quantitative estimate of drug-likeness (QED) is 0.475. The van der Waals surface area contributed by atoms with Crippen LogP contribution < -0.4 is 5.32 Å². The predicted octanol–water partition coefficient (Wildman–Crippen LogP) is -1.42. The lowest BCUT2D eigenvalue weighted by molar-refractivity contribution is -0.140. The van der Waals surface area contributed by atoms with Gasteiger partial charge in [0.05, 0.1) is 6.61 Å². The zero-order chi connectivity index (χ0) is 10.6. The van der Waals surface area contributed by atoms with E-state index in [1.807, 2.05) is 0 Å². The fraction of sp³-hybridized carbons (Fsp3) is 0.286. The van der Waals surface area contributed by atoms with Crippen molar-refractivity contribution in [3.8, 4) is 0 Å². The van der Waals surface area contributed by atoms with Gasteiger partial charge in [-0.2, -0.15) is 5.10 Å². The summed E-state index contributed by atoms with van der Waals surface area (Å²) in [7, 11) is 0. The van der Waals surface area contributed by atoms with Crippen molar-refractivity contribution in [2.24, 2.45) is 0 Å². The standard InChI is InChI=1S/C7H9N3O4/c11-3-5(7(13)14)9-6(12)4-1-2-8-10-4/h1-2,5,11H,3H2,(H,8,10)(H,9,12)(H,13,14)/t5-/m1/s1. The monoisotopic (exact) mass is 199 g/mol. The van der Waals surface area contributed by atoms with Crippen molar-refractivity contribution in [2.75, 3.05) is 6.61 Å². The number of hydrogen-bond donors (Lipinski definition) is 4. The van der Waals surface area contributed by atoms with Gasteiger partial charge in [0.1, 0.15) is 5.69 Å². The minimum Gasteiger partial charge on any atom is -0.480 e. The number of aromatic amines is 1. The maximum atomic E-state index is 11.2. The minimum absolute atomic E-state index is 0.143. The van der Waals surface area contributed by atoms with Crippen LogP contribution >= 0.6 is 0 Å². The lowest BCUT2D eigenvalue weighted by Gasteiger charge is -2.09. The molecule has 7 heteroatoms. The van der Waals surface area contributed by atoms with Crippen molar-refractivity contribution in [1.29, 1.82) is 0 Å². The smallest absolute Gasteiger partial charge is 0.328 e. The Morgan fingerprint density at radius 1 is 1.64 bits per heavy atom. The van der Waals surface area contributed by atoms with Gasteiger partial charge in [0, 0.05) is 6.20 Å². The van der Waals surface area contributed by atoms with E-state index < -0.39 is 24.5 Å². The number of aliphatic hydroxyl groups is 1. The van der Waals surface area contributed by atoms with Crippen LogP contribution in [0.4, 0.5) is 0 Å². The van der Waals surface area contributed by atoms with E-state index in [0.717, 1.165) is 0 Å². The Balaban J connectivity index is 2.60. The molecule has 76 valence electrons. The van der Waals surface area contributed by atoms with E-state index >= 15 is 0 Å². The fourth-order valence-electron chi connectivity index (χ4n) is 0.804. The highest BCUT2D eigenvalue weighted by Crippen LogP contribution is 1.92. The van der Waals surface area contributed by atoms with Crippen LogP contribution in [0.2, 0.25) is 0 Å². The van der Waals surface area contributed by atoms with Gasteiger partial charge < -0.3 is 15.5 Å². The van der Waals surface area contributed by atoms with Gasteiger partial charge in [0.2, 0.25) is 0 Å². The number of amides is 1. The summed E-state index contributed by atoms with van der Waals surface area (Å²) in [6.07, 6.45) is 1.36. The van der Waals surface area contributed by atoms with E-state index in [1.54, 1.807) is 0 Å². The van der Waals surface area contributed by atoms with E-state index in [0.29, 0.717) is 0 Å². The molecule has 0 saturated carbocycles. The summed E-state index contributed by atoms with van der Waals surface area (Å²) in [5, 5.41) is 25.1. The summed E-state index contributed by atoms with van der Waals surface area (Å²) in [5.41, 5.74) is 0.143. The molecule has 1 rings (SSSR count). The molecule has 0 aliphatic rings. The first kappa shape index (κ1) is 10.2. The molecule has 1 aromatic rings. The first-order valence-electron chi connectivity index (χ1n) is 3.79. The van der Waals surface area contributed by atoms with Gasteiger partial charge in [0.15, 0.2) is 6.04 Å². The zero-order valence-electron chi connectivity index (χ0n) is 7.10. The Morgan fingerprint density at radius 3 is 2.79 bits per heavy atom. The van der Waals surface area contributed by atoms with Crippen LogP contribution in [-0.4, -0.2) is 44.9 Å². The lowest BCUT2D eigenvalue weighted by Crippen LogP contribution is -2.43. The highest BCUT2D eigenvalue weighted by Gasteiger charge is 2.19. The third-order valence-electron chi connectivity index (χ3n) is 1.53. The molecule has 0 aliphatic heterocycles. The Labute approximate surface area is 78.7 Å². The number of carboxylic acids is 1. The maximum Gasteiger partial charge on any atom is 0.328 e. The molecule has 0 radical (unpaired) electrons. The first-order chi connectivity index (χ1) is 6.65. The van der Waals surface area contributed by atoms with Crippen molar-refractivity contribution in [2.45, 2.75) is 6.04 Å². The third kappa shape index (κ3) is 2.30. The number of aliphatic hydroxyl groups excluding tert-OH is 1. The summed E-state index contributed by atoms with van der Waals surface area (Å²) in [6.45, 7) is -0.658. The summed E-state index contributed by atoms with van der Waals surface area (Å²) in [6, 6.07) is 0.0943. The average molecular weight is 199 g/mol. The number of nitrogens with zero attached hydrogens (tertiary/aromatic N) is 1. The second-order valence-corrected chi connectivity index (χ2v) is 2.52. The number of hydrogen-bond acceptors (Lipinski definition) is 4. The van der Waals surface area contributed by atoms with Gasteiger partial charge >= 0.3 is 5.97 Å². The summed E-state index contributed by atoms with van der Waals surface area (Å²) in [5.74, 6) is -1.91. The van der Waals surface area contributed by atoms with E-state index in [4.69, 9.17) is 10.2 Å². The number of carboxylic acid groups (broad SMARTS) is 1. The molecule has 0 spiro atoms. The number of carbonyl (C=O) groups is 2. The predicted molar refractivity (Wildman–Crippen MR) is 44.6 cm³/mol. The molecule has 1 atom stereocenters. The van der Waals surface area contributed by atoms with Gasteiger partial charge in [-0.25, -0.2) is 4.79 Å². The Hall–Kier alpha value is -1.89. The Bertz CT molecular complexity index is 322. The minimum atomic E-state index is -1.30. The highest BCUT2D eigenvalue weighted by atomic mass is 16.4. The van der Waals surface area contributed by atoms with E-state index in [1.165, 1.54) is 12.3 Å². The van der Waals surface area contributed by atoms with Crippen molar-refractivity contribution in [1.82, 2.24) is 15.5 Å². The average Bonchev–Trinajstić information content (AvgIpc) is 2.65. The number of rotatable bonds is 4. The van der Waals surface area contributed by atoms with E-state index in [2.05, 4.69) is 15.5 Å². The van der Waals surface area contributed by atoms with Crippen molar-refractivity contribution >= 4 is 11.9 Å². The third-order valence-corrected chi connectivity index (χ3v) is 1.53. The molecular formula is C7H9N3O4. The van der Waals surface area contributed by atoms with Gasteiger partial charge in [0.25, 0.3) is 5.91 Å². The molecule has 1 aromatic heterocycles.